The Labute approximate surface area is 112 Å². The average molecular weight is 261 g/mol. The summed E-state index contributed by atoms with van der Waals surface area (Å²) in [4.78, 5) is 7.83. The molecule has 0 aliphatic rings. The summed E-state index contributed by atoms with van der Waals surface area (Å²) >= 11 is 1.58. The third kappa shape index (κ3) is 2.48. The molecule has 3 nitrogen and oxygen atoms in total. The number of benzene rings is 1. The third-order valence-corrected chi connectivity index (χ3v) is 4.02. The van der Waals surface area contributed by atoms with E-state index in [1.54, 1.807) is 11.3 Å². The predicted molar refractivity (Wildman–Crippen MR) is 80.4 cm³/mol. The Morgan fingerprint density at radius 3 is 2.61 bits per heavy atom. The van der Waals surface area contributed by atoms with E-state index in [0.29, 0.717) is 11.0 Å². The molecule has 0 fully saturated rings. The predicted octanol–water partition coefficient (Wildman–Crippen LogP) is 3.58. The summed E-state index contributed by atoms with van der Waals surface area (Å²) in [5, 5.41) is 0.643. The van der Waals surface area contributed by atoms with Crippen molar-refractivity contribution in [1.82, 2.24) is 4.98 Å². The van der Waals surface area contributed by atoms with E-state index in [0.717, 1.165) is 11.3 Å². The lowest BCUT2D eigenvalue weighted by molar-refractivity contribution is 0.888. The molecule has 0 atom stereocenters. The zero-order valence-electron chi connectivity index (χ0n) is 11.3. The summed E-state index contributed by atoms with van der Waals surface area (Å²) in [5.74, 6) is 0.442. The van der Waals surface area contributed by atoms with Crippen LogP contribution in [0.15, 0.2) is 24.3 Å². The van der Waals surface area contributed by atoms with Gasteiger partial charge in [0.2, 0.25) is 0 Å². The second kappa shape index (κ2) is 4.98. The van der Waals surface area contributed by atoms with Gasteiger partial charge in [-0.25, -0.2) is 4.98 Å². The van der Waals surface area contributed by atoms with Crippen LogP contribution in [0.25, 0.3) is 11.3 Å². The second-order valence-electron chi connectivity index (χ2n) is 4.86. The van der Waals surface area contributed by atoms with Gasteiger partial charge in [-0.1, -0.05) is 26.0 Å². The first-order valence-corrected chi connectivity index (χ1v) is 6.84. The molecular weight excluding hydrogens is 242 g/mol. The zero-order chi connectivity index (χ0) is 13.3. The normalized spacial score (nSPS) is 10.9. The van der Waals surface area contributed by atoms with E-state index in [2.05, 4.69) is 48.0 Å². The molecule has 18 heavy (non-hydrogen) atoms. The summed E-state index contributed by atoms with van der Waals surface area (Å²) in [5.41, 5.74) is 9.19. The molecule has 2 aromatic rings. The molecule has 0 bridgehead atoms. The summed E-state index contributed by atoms with van der Waals surface area (Å²) in [6.45, 7) is 4.35. The van der Waals surface area contributed by atoms with Crippen LogP contribution < -0.4 is 10.6 Å². The molecule has 1 aromatic carbocycles. The summed E-state index contributed by atoms with van der Waals surface area (Å²) in [7, 11) is 4.08. The van der Waals surface area contributed by atoms with Crippen molar-refractivity contribution in [1.29, 1.82) is 0 Å². The summed E-state index contributed by atoms with van der Waals surface area (Å²) < 4.78 is 0. The first-order chi connectivity index (χ1) is 8.49. The van der Waals surface area contributed by atoms with E-state index in [1.165, 1.54) is 10.6 Å². The molecule has 96 valence electrons. The molecular formula is C14H19N3S. The lowest BCUT2D eigenvalue weighted by atomic mass is 10.0. The van der Waals surface area contributed by atoms with Crippen LogP contribution >= 0.6 is 11.3 Å². The van der Waals surface area contributed by atoms with E-state index in [4.69, 9.17) is 5.73 Å². The van der Waals surface area contributed by atoms with Gasteiger partial charge in [0.1, 0.15) is 0 Å². The molecule has 0 radical (unpaired) electrons. The number of hydrogen-bond acceptors (Lipinski definition) is 4. The standard InChI is InChI=1S/C14H19N3S/c1-9(2)13-12(16-14(15)18-13)10-6-5-7-11(8-10)17(3)4/h5-9H,1-4H3,(H2,15,16). The van der Waals surface area contributed by atoms with E-state index in [9.17, 15) is 0 Å². The van der Waals surface area contributed by atoms with E-state index >= 15 is 0 Å². The van der Waals surface area contributed by atoms with Gasteiger partial charge in [0.25, 0.3) is 0 Å². The van der Waals surface area contributed by atoms with Crippen LogP contribution in [0.1, 0.15) is 24.6 Å². The Morgan fingerprint density at radius 1 is 1.28 bits per heavy atom. The fourth-order valence-electron chi connectivity index (χ4n) is 1.88. The highest BCUT2D eigenvalue weighted by Crippen LogP contribution is 2.35. The van der Waals surface area contributed by atoms with Crippen molar-refractivity contribution in [2.75, 3.05) is 24.7 Å². The molecule has 2 N–H and O–H groups in total. The van der Waals surface area contributed by atoms with Crippen LogP contribution in [0.2, 0.25) is 0 Å². The number of aromatic nitrogens is 1. The zero-order valence-corrected chi connectivity index (χ0v) is 12.1. The smallest absolute Gasteiger partial charge is 0.180 e. The van der Waals surface area contributed by atoms with Crippen molar-refractivity contribution in [2.24, 2.45) is 0 Å². The largest absolute Gasteiger partial charge is 0.378 e. The molecule has 0 amide bonds. The molecule has 0 saturated heterocycles. The van der Waals surface area contributed by atoms with Crippen LogP contribution in [0.4, 0.5) is 10.8 Å². The number of rotatable bonds is 3. The Kier molecular flexibility index (Phi) is 3.57. The summed E-state index contributed by atoms with van der Waals surface area (Å²) in [6, 6.07) is 8.40. The minimum absolute atomic E-state index is 0.442. The molecule has 2 rings (SSSR count). The molecule has 4 heteroatoms. The number of thiazole rings is 1. The van der Waals surface area contributed by atoms with Crippen LogP contribution in [0.3, 0.4) is 0 Å². The first kappa shape index (κ1) is 12.9. The average Bonchev–Trinajstić information content (AvgIpc) is 2.72. The van der Waals surface area contributed by atoms with Crippen molar-refractivity contribution in [3.63, 3.8) is 0 Å². The molecule has 0 spiro atoms. The maximum atomic E-state index is 5.85. The van der Waals surface area contributed by atoms with Crippen molar-refractivity contribution < 1.29 is 0 Å². The SMILES string of the molecule is CC(C)c1sc(N)nc1-c1cccc(N(C)C)c1. The highest BCUT2D eigenvalue weighted by molar-refractivity contribution is 7.15. The van der Waals surface area contributed by atoms with E-state index in [-0.39, 0.29) is 0 Å². The number of nitrogens with zero attached hydrogens (tertiary/aromatic N) is 2. The topological polar surface area (TPSA) is 42.1 Å². The fraction of sp³-hybridized carbons (Fsp3) is 0.357. The Hall–Kier alpha value is -1.55. The van der Waals surface area contributed by atoms with Gasteiger partial charge in [0.15, 0.2) is 5.13 Å². The Balaban J connectivity index is 2.51. The highest BCUT2D eigenvalue weighted by atomic mass is 32.1. The minimum Gasteiger partial charge on any atom is -0.378 e. The van der Waals surface area contributed by atoms with Crippen LogP contribution in [0.5, 0.6) is 0 Å². The lowest BCUT2D eigenvalue weighted by Gasteiger charge is -2.13. The van der Waals surface area contributed by atoms with E-state index in [1.807, 2.05) is 14.1 Å². The quantitative estimate of drug-likeness (QED) is 0.918. The molecule has 0 unspecified atom stereocenters. The van der Waals surface area contributed by atoms with Gasteiger partial charge >= 0.3 is 0 Å². The second-order valence-corrected chi connectivity index (χ2v) is 5.93. The van der Waals surface area contributed by atoms with Crippen LogP contribution in [-0.4, -0.2) is 19.1 Å². The third-order valence-electron chi connectivity index (χ3n) is 2.83. The van der Waals surface area contributed by atoms with Gasteiger partial charge in [-0.15, -0.1) is 11.3 Å². The monoisotopic (exact) mass is 261 g/mol. The first-order valence-electron chi connectivity index (χ1n) is 6.03. The minimum atomic E-state index is 0.442. The molecule has 0 aliphatic heterocycles. The van der Waals surface area contributed by atoms with Crippen molar-refractivity contribution in [3.8, 4) is 11.3 Å². The number of anilines is 2. The van der Waals surface area contributed by atoms with Crippen molar-refractivity contribution in [2.45, 2.75) is 19.8 Å². The molecule has 0 aliphatic carbocycles. The van der Waals surface area contributed by atoms with Gasteiger partial charge in [-0.2, -0.15) is 0 Å². The maximum Gasteiger partial charge on any atom is 0.180 e. The number of hydrogen-bond donors (Lipinski definition) is 1. The number of nitrogen functional groups attached to an aromatic ring is 1. The van der Waals surface area contributed by atoms with E-state index < -0.39 is 0 Å². The molecule has 1 aromatic heterocycles. The fourth-order valence-corrected chi connectivity index (χ4v) is 2.74. The maximum absolute atomic E-state index is 5.85. The highest BCUT2D eigenvalue weighted by Gasteiger charge is 2.15. The van der Waals surface area contributed by atoms with Gasteiger partial charge in [-0.05, 0) is 18.1 Å². The van der Waals surface area contributed by atoms with Gasteiger partial charge in [-0.3, -0.25) is 0 Å². The molecule has 1 heterocycles. The van der Waals surface area contributed by atoms with Crippen molar-refractivity contribution in [3.05, 3.63) is 29.1 Å². The Morgan fingerprint density at radius 2 is 2.00 bits per heavy atom. The van der Waals surface area contributed by atoms with Gasteiger partial charge < -0.3 is 10.6 Å². The molecule has 0 saturated carbocycles. The summed E-state index contributed by atoms with van der Waals surface area (Å²) in [6.07, 6.45) is 0. The van der Waals surface area contributed by atoms with Gasteiger partial charge in [0.05, 0.1) is 5.69 Å². The number of nitrogens with two attached hydrogens (primary N) is 1. The lowest BCUT2D eigenvalue weighted by Crippen LogP contribution is -2.08. The van der Waals surface area contributed by atoms with Gasteiger partial charge in [0, 0.05) is 30.2 Å². The van der Waals surface area contributed by atoms with Crippen LogP contribution in [-0.2, 0) is 0 Å². The van der Waals surface area contributed by atoms with Crippen molar-refractivity contribution >= 4 is 22.2 Å². The Bertz CT molecular complexity index is 544. The van der Waals surface area contributed by atoms with Crippen LogP contribution in [0, 0.1) is 0 Å².